The zero-order chi connectivity index (χ0) is 18.9. The molecule has 26 heavy (non-hydrogen) atoms. The molecule has 2 aromatic rings. The third kappa shape index (κ3) is 6.36. The average molecular weight is 393 g/mol. The van der Waals surface area contributed by atoms with Crippen molar-refractivity contribution < 1.29 is 9.53 Å². The SMILES string of the molecule is CCC(=NNC(=O)CCCOc1ccc(Cl)cc1Cl)c1ccc(C)cc1. The Bertz CT molecular complexity index is 774. The highest BCUT2D eigenvalue weighted by atomic mass is 35.5. The highest BCUT2D eigenvalue weighted by molar-refractivity contribution is 6.35. The Morgan fingerprint density at radius 2 is 1.88 bits per heavy atom. The molecule has 0 aliphatic heterocycles. The molecular weight excluding hydrogens is 371 g/mol. The number of hydrogen-bond donors (Lipinski definition) is 1. The number of halogens is 2. The van der Waals surface area contributed by atoms with Gasteiger partial charge < -0.3 is 4.74 Å². The monoisotopic (exact) mass is 392 g/mol. The summed E-state index contributed by atoms with van der Waals surface area (Å²) in [5, 5.41) is 5.25. The minimum atomic E-state index is -0.145. The molecule has 2 rings (SSSR count). The lowest BCUT2D eigenvalue weighted by molar-refractivity contribution is -0.121. The Balaban J connectivity index is 1.78. The van der Waals surface area contributed by atoms with Crippen molar-refractivity contribution in [3.8, 4) is 5.75 Å². The lowest BCUT2D eigenvalue weighted by atomic mass is 10.1. The molecule has 0 radical (unpaired) electrons. The van der Waals surface area contributed by atoms with E-state index in [0.29, 0.717) is 35.2 Å². The van der Waals surface area contributed by atoms with Crippen LogP contribution in [0.3, 0.4) is 0 Å². The molecule has 0 bridgehead atoms. The van der Waals surface area contributed by atoms with Crippen molar-refractivity contribution in [1.29, 1.82) is 0 Å². The Morgan fingerprint density at radius 1 is 1.15 bits per heavy atom. The molecule has 0 heterocycles. The molecule has 0 fully saturated rings. The highest BCUT2D eigenvalue weighted by Crippen LogP contribution is 2.27. The Hall–Kier alpha value is -2.04. The predicted octanol–water partition coefficient (Wildman–Crippen LogP) is 5.39. The maximum Gasteiger partial charge on any atom is 0.240 e. The summed E-state index contributed by atoms with van der Waals surface area (Å²) in [6.07, 6.45) is 1.62. The maximum atomic E-state index is 12.0. The summed E-state index contributed by atoms with van der Waals surface area (Å²) in [5.74, 6) is 0.413. The van der Waals surface area contributed by atoms with Crippen molar-refractivity contribution in [1.82, 2.24) is 5.43 Å². The average Bonchev–Trinajstić information content (AvgIpc) is 2.62. The van der Waals surface area contributed by atoms with Gasteiger partial charge in [0.05, 0.1) is 17.3 Å². The fraction of sp³-hybridized carbons (Fsp3) is 0.300. The van der Waals surface area contributed by atoms with Gasteiger partial charge in [-0.25, -0.2) is 5.43 Å². The molecule has 0 aromatic heterocycles. The summed E-state index contributed by atoms with van der Waals surface area (Å²) < 4.78 is 5.56. The number of hydrazone groups is 1. The van der Waals surface area contributed by atoms with Crippen molar-refractivity contribution in [3.63, 3.8) is 0 Å². The van der Waals surface area contributed by atoms with Crippen molar-refractivity contribution in [2.24, 2.45) is 5.10 Å². The van der Waals surface area contributed by atoms with E-state index in [1.165, 1.54) is 5.56 Å². The molecule has 2 aromatic carbocycles. The first kappa shape index (κ1) is 20.3. The number of hydrogen-bond acceptors (Lipinski definition) is 3. The predicted molar refractivity (Wildman–Crippen MR) is 107 cm³/mol. The minimum Gasteiger partial charge on any atom is -0.492 e. The lowest BCUT2D eigenvalue weighted by Crippen LogP contribution is -2.20. The van der Waals surface area contributed by atoms with E-state index in [4.69, 9.17) is 27.9 Å². The zero-order valence-electron chi connectivity index (χ0n) is 14.9. The van der Waals surface area contributed by atoms with E-state index in [2.05, 4.69) is 10.5 Å². The Kier molecular flexibility index (Phi) is 7.95. The molecule has 1 amide bonds. The molecule has 0 aliphatic rings. The first-order valence-corrected chi connectivity index (χ1v) is 9.25. The molecule has 0 unspecified atom stereocenters. The van der Waals surface area contributed by atoms with E-state index < -0.39 is 0 Å². The second-order valence-corrected chi connectivity index (χ2v) is 6.68. The smallest absolute Gasteiger partial charge is 0.240 e. The zero-order valence-corrected chi connectivity index (χ0v) is 16.4. The van der Waals surface area contributed by atoms with Crippen LogP contribution < -0.4 is 10.2 Å². The van der Waals surface area contributed by atoms with Crippen LogP contribution in [0, 0.1) is 6.92 Å². The van der Waals surface area contributed by atoms with Gasteiger partial charge in [0.25, 0.3) is 0 Å². The van der Waals surface area contributed by atoms with E-state index in [9.17, 15) is 4.79 Å². The van der Waals surface area contributed by atoms with Crippen LogP contribution >= 0.6 is 23.2 Å². The van der Waals surface area contributed by atoms with E-state index in [-0.39, 0.29) is 5.91 Å². The number of carbonyl (C=O) groups excluding carboxylic acids is 1. The lowest BCUT2D eigenvalue weighted by Gasteiger charge is -2.08. The number of rotatable bonds is 8. The number of amides is 1. The van der Waals surface area contributed by atoms with Crippen molar-refractivity contribution in [2.75, 3.05) is 6.61 Å². The summed E-state index contributed by atoms with van der Waals surface area (Å²) in [6.45, 7) is 4.43. The molecule has 0 spiro atoms. The number of nitrogens with one attached hydrogen (secondary N) is 1. The standard InChI is InChI=1S/C20H22Cl2N2O2/c1-3-18(15-8-6-14(2)7-9-15)23-24-20(25)5-4-12-26-19-11-10-16(21)13-17(19)22/h6-11,13H,3-5,12H2,1-2H3,(H,24,25). The highest BCUT2D eigenvalue weighted by Gasteiger charge is 2.06. The summed E-state index contributed by atoms with van der Waals surface area (Å²) in [7, 11) is 0. The van der Waals surface area contributed by atoms with Crippen molar-refractivity contribution in [2.45, 2.75) is 33.1 Å². The van der Waals surface area contributed by atoms with Crippen molar-refractivity contribution in [3.05, 3.63) is 63.6 Å². The van der Waals surface area contributed by atoms with Gasteiger partial charge in [-0.1, -0.05) is 60.0 Å². The Labute approximate surface area is 164 Å². The topological polar surface area (TPSA) is 50.7 Å². The molecule has 0 aliphatic carbocycles. The molecule has 0 saturated carbocycles. The van der Waals surface area contributed by atoms with Crippen molar-refractivity contribution >= 4 is 34.8 Å². The number of ether oxygens (including phenoxy) is 1. The normalized spacial score (nSPS) is 11.3. The molecule has 138 valence electrons. The van der Waals surface area contributed by atoms with Crippen LogP contribution in [0.25, 0.3) is 0 Å². The second-order valence-electron chi connectivity index (χ2n) is 5.84. The van der Waals surface area contributed by atoms with Gasteiger partial charge in [-0.3, -0.25) is 4.79 Å². The van der Waals surface area contributed by atoms with Crippen LogP contribution in [0.15, 0.2) is 47.6 Å². The number of carbonyl (C=O) groups is 1. The van der Waals surface area contributed by atoms with Crippen LogP contribution in [0.2, 0.25) is 10.0 Å². The summed E-state index contributed by atoms with van der Waals surface area (Å²) in [4.78, 5) is 12.0. The van der Waals surface area contributed by atoms with Gasteiger partial charge in [-0.05, 0) is 43.5 Å². The summed E-state index contributed by atoms with van der Waals surface area (Å²) >= 11 is 11.9. The van der Waals surface area contributed by atoms with Crippen LogP contribution in [-0.2, 0) is 4.79 Å². The first-order valence-electron chi connectivity index (χ1n) is 8.50. The van der Waals surface area contributed by atoms with Crippen LogP contribution in [0.1, 0.15) is 37.3 Å². The summed E-state index contributed by atoms with van der Waals surface area (Å²) in [5.41, 5.74) is 5.67. The van der Waals surface area contributed by atoms with Gasteiger partial charge in [0, 0.05) is 11.4 Å². The summed E-state index contributed by atoms with van der Waals surface area (Å²) in [6, 6.07) is 13.1. The molecular formula is C20H22Cl2N2O2. The van der Waals surface area contributed by atoms with E-state index >= 15 is 0 Å². The van der Waals surface area contributed by atoms with Gasteiger partial charge >= 0.3 is 0 Å². The largest absolute Gasteiger partial charge is 0.492 e. The fourth-order valence-electron chi connectivity index (χ4n) is 2.29. The van der Waals surface area contributed by atoms with Gasteiger partial charge in [-0.2, -0.15) is 5.10 Å². The van der Waals surface area contributed by atoms with E-state index in [1.807, 2.05) is 38.1 Å². The van der Waals surface area contributed by atoms with Crippen LogP contribution in [0.4, 0.5) is 0 Å². The maximum absolute atomic E-state index is 12.0. The third-order valence-corrected chi connectivity index (χ3v) is 4.27. The molecule has 0 atom stereocenters. The number of benzene rings is 2. The van der Waals surface area contributed by atoms with Gasteiger partial charge in [-0.15, -0.1) is 0 Å². The molecule has 0 saturated heterocycles. The molecule has 6 heteroatoms. The van der Waals surface area contributed by atoms with Crippen LogP contribution in [0.5, 0.6) is 5.75 Å². The second kappa shape index (κ2) is 10.2. The Morgan fingerprint density at radius 3 is 2.54 bits per heavy atom. The third-order valence-electron chi connectivity index (χ3n) is 3.73. The quantitative estimate of drug-likeness (QED) is 0.371. The molecule has 4 nitrogen and oxygen atoms in total. The number of aryl methyl sites for hydroxylation is 1. The van der Waals surface area contributed by atoms with Gasteiger partial charge in [0.1, 0.15) is 5.75 Å². The van der Waals surface area contributed by atoms with Gasteiger partial charge in [0.15, 0.2) is 0 Å². The first-order chi connectivity index (χ1) is 12.5. The van der Waals surface area contributed by atoms with E-state index in [0.717, 1.165) is 17.7 Å². The van der Waals surface area contributed by atoms with E-state index in [1.54, 1.807) is 18.2 Å². The minimum absolute atomic E-state index is 0.145. The van der Waals surface area contributed by atoms with Crippen LogP contribution in [-0.4, -0.2) is 18.2 Å². The molecule has 1 N–H and O–H groups in total. The fourth-order valence-corrected chi connectivity index (χ4v) is 2.75. The van der Waals surface area contributed by atoms with Gasteiger partial charge in [0.2, 0.25) is 5.91 Å². The number of nitrogens with zero attached hydrogens (tertiary/aromatic N) is 1.